The van der Waals surface area contributed by atoms with E-state index in [2.05, 4.69) is 253 Å². The van der Waals surface area contributed by atoms with Gasteiger partial charge in [-0.15, -0.1) is 0 Å². The molecule has 0 bridgehead atoms. The molecule has 14 aromatic rings. The Kier molecular flexibility index (Phi) is 57.5. The summed E-state index contributed by atoms with van der Waals surface area (Å²) in [4.78, 5) is 29.2. The van der Waals surface area contributed by atoms with Crippen molar-refractivity contribution in [1.29, 1.82) is 0 Å². The molecule has 7 heteroatoms. The van der Waals surface area contributed by atoms with Gasteiger partial charge in [-0.1, -0.05) is 344 Å². The largest absolute Gasteiger partial charge is 0.264 e. The van der Waals surface area contributed by atoms with Crippen molar-refractivity contribution in [3.8, 4) is 77.9 Å². The quantitative estimate of drug-likeness (QED) is 0.149. The minimum Gasteiger partial charge on any atom is -0.264 e. The van der Waals surface area contributed by atoms with Crippen LogP contribution in [0.4, 0.5) is 0 Å². The number of hydrogen-bond acceptors (Lipinski definition) is 7. The van der Waals surface area contributed by atoms with Crippen molar-refractivity contribution in [2.24, 2.45) is 0 Å². The first kappa shape index (κ1) is 113. The molecule has 0 unspecified atom stereocenters. The summed E-state index contributed by atoms with van der Waals surface area (Å²) >= 11 is 0. The number of benzene rings is 7. The molecule has 0 fully saturated rings. The second kappa shape index (κ2) is 64.3. The fraction of sp³-hybridized carbons (Fsp3) is 0.353. The summed E-state index contributed by atoms with van der Waals surface area (Å²) < 4.78 is 0. The summed E-state index contributed by atoms with van der Waals surface area (Å²) in [5, 5.41) is 0. The molecule has 0 saturated carbocycles. The zero-order valence-electron chi connectivity index (χ0n) is 84.8. The van der Waals surface area contributed by atoms with Crippen molar-refractivity contribution < 1.29 is 0 Å². The lowest BCUT2D eigenvalue weighted by Crippen LogP contribution is -1.84. The Labute approximate surface area is 768 Å². The van der Waals surface area contributed by atoms with Crippen LogP contribution in [0.15, 0.2) is 257 Å². The topological polar surface area (TPSA) is 90.2 Å². The zero-order valence-corrected chi connectivity index (χ0v) is 84.8. The average Bonchev–Trinajstić information content (AvgIpc) is 1.45. The van der Waals surface area contributed by atoms with Crippen molar-refractivity contribution in [1.82, 2.24) is 34.9 Å². The highest BCUT2D eigenvalue weighted by Crippen LogP contribution is 2.43. The van der Waals surface area contributed by atoms with Gasteiger partial charge in [0.25, 0.3) is 0 Å². The van der Waals surface area contributed by atoms with E-state index in [1.165, 1.54) is 195 Å². The first-order valence-electron chi connectivity index (χ1n) is 48.1. The maximum absolute atomic E-state index is 4.18. The number of fused-ring (bicyclic) bond motifs is 21. The summed E-state index contributed by atoms with van der Waals surface area (Å²) in [5.41, 5.74) is 48.3. The van der Waals surface area contributed by atoms with Crippen molar-refractivity contribution in [3.05, 3.63) is 373 Å². The maximum Gasteiger partial charge on any atom is 0.0349 e. The molecule has 0 amide bonds. The normalized spacial score (nSPS) is 10.3. The van der Waals surface area contributed by atoms with E-state index < -0.39 is 0 Å². The number of aromatic nitrogens is 7. The Hall–Kier alpha value is -11.4. The van der Waals surface area contributed by atoms with Crippen LogP contribution in [0.5, 0.6) is 0 Å². The SMILES string of the molecule is CC.CC.CC.CC.CC.CC.CC.CC.CC.CC.CC.CC.CC.CC.Cc1ccc2c(c1)-c1ccncc1C2.Cc1ccc2c(c1)-c1cnccc1C2.Cc1ccc2c(c1)Cc1ccncc1-2.Cc1ccc2c(c1)Cc1cnccc1-2.Cc1cccc2c1-c1ccncc1C2.Cc1cccc2c1Cc1ccncc1-2.Cc1cccc2c1Cc1cnccc1-2. The van der Waals surface area contributed by atoms with E-state index in [1.54, 1.807) is 0 Å². The number of nitrogens with zero attached hydrogens (tertiary/aromatic N) is 7. The maximum atomic E-state index is 4.18. The Morgan fingerprint density at radius 2 is 0.405 bits per heavy atom. The van der Waals surface area contributed by atoms with Gasteiger partial charge in [0, 0.05) is 129 Å². The second-order valence-corrected chi connectivity index (χ2v) is 26.9. The van der Waals surface area contributed by atoms with Crippen LogP contribution in [0.25, 0.3) is 77.9 Å². The third-order valence-electron chi connectivity index (χ3n) is 20.2. The van der Waals surface area contributed by atoms with Gasteiger partial charge >= 0.3 is 0 Å². The van der Waals surface area contributed by atoms with Gasteiger partial charge in [-0.3, -0.25) is 34.9 Å². The van der Waals surface area contributed by atoms with Crippen LogP contribution in [-0.4, -0.2) is 34.9 Å². The van der Waals surface area contributed by atoms with Gasteiger partial charge in [0.05, 0.1) is 0 Å². The minimum atomic E-state index is 1.04. The third-order valence-corrected chi connectivity index (χ3v) is 20.2. The van der Waals surface area contributed by atoms with Gasteiger partial charge in [-0.05, 0) is 266 Å². The van der Waals surface area contributed by atoms with Crippen LogP contribution in [0.1, 0.15) is 311 Å². The fourth-order valence-electron chi connectivity index (χ4n) is 15.3. The Morgan fingerprint density at radius 3 is 0.841 bits per heavy atom. The lowest BCUT2D eigenvalue weighted by Gasteiger charge is -2.03. The van der Waals surface area contributed by atoms with E-state index in [-0.39, 0.29) is 0 Å². The van der Waals surface area contributed by atoms with Gasteiger partial charge < -0.3 is 0 Å². The molecule has 7 aromatic carbocycles. The van der Waals surface area contributed by atoms with Crippen molar-refractivity contribution in [2.45, 2.75) is 287 Å². The molecule has 0 N–H and O–H groups in total. The molecule has 0 saturated heterocycles. The molecule has 7 heterocycles. The van der Waals surface area contributed by atoms with E-state index in [0.717, 1.165) is 44.9 Å². The molecule has 7 aliphatic carbocycles. The van der Waals surface area contributed by atoms with E-state index in [4.69, 9.17) is 0 Å². The standard InChI is InChI=1S/7C13H11N.14C2H6/c1-9-2-3-12-10(6-9)7-11-8-14-5-4-13(11)12;1-9-2-3-12-11(6-9)7-10-4-5-14-8-13(10)12;1-9-2-3-10-7-11-8-14-5-4-12(11)13(10)6-9;1-9-2-3-10-7-11-4-5-14-8-13(11)12(10)6-9;1-9-3-2-4-12-11-5-6-14-8-10(11)7-13(9)12;1-9-3-2-4-11-12(9)7-10-5-6-14-8-13(10)11;1-9-3-2-4-10-7-11-8-14-6-5-12(11)13(9)10;14*1-2/h7*2-6,8H,7H2,1H3;14*1-2H3. The van der Waals surface area contributed by atoms with E-state index in [1.807, 2.05) is 281 Å². The molecular weight excluding hydrogens is 1530 g/mol. The number of pyridine rings is 7. The molecule has 0 atom stereocenters. The third kappa shape index (κ3) is 30.2. The summed E-state index contributed by atoms with van der Waals surface area (Å²) in [7, 11) is 0. The summed E-state index contributed by atoms with van der Waals surface area (Å²) in [6, 6.07) is 61.0. The Balaban J connectivity index is 0.000000701. The monoisotopic (exact) mass is 1690 g/mol. The van der Waals surface area contributed by atoms with Gasteiger partial charge in [-0.25, -0.2) is 0 Å². The molecule has 7 nitrogen and oxygen atoms in total. The lowest BCUT2D eigenvalue weighted by atomic mass is 10.0. The number of aryl methyl sites for hydroxylation is 7. The highest BCUT2D eigenvalue weighted by Gasteiger charge is 2.24. The predicted octanol–water partition coefficient (Wildman–Crippen LogP) is 35.1. The molecule has 7 aromatic heterocycles. The molecule has 0 spiro atoms. The summed E-state index contributed by atoms with van der Waals surface area (Å²) in [5.74, 6) is 0. The van der Waals surface area contributed by atoms with Gasteiger partial charge in [0.15, 0.2) is 0 Å². The molecule has 0 radical (unpaired) electrons. The van der Waals surface area contributed by atoms with Gasteiger partial charge in [0.2, 0.25) is 0 Å². The van der Waals surface area contributed by atoms with Crippen LogP contribution >= 0.6 is 0 Å². The van der Waals surface area contributed by atoms with Crippen LogP contribution in [0.2, 0.25) is 0 Å². The smallest absolute Gasteiger partial charge is 0.0349 e. The number of hydrogen-bond donors (Lipinski definition) is 0. The first-order chi connectivity index (χ1) is 62.0. The Bertz CT molecular complexity index is 5070. The molecule has 0 aliphatic heterocycles. The minimum absolute atomic E-state index is 1.04. The fourth-order valence-corrected chi connectivity index (χ4v) is 15.3. The zero-order chi connectivity index (χ0) is 94.8. The van der Waals surface area contributed by atoms with Gasteiger partial charge in [0.1, 0.15) is 0 Å². The molecule has 126 heavy (non-hydrogen) atoms. The second-order valence-electron chi connectivity index (χ2n) is 26.9. The summed E-state index contributed by atoms with van der Waals surface area (Å²) in [6.45, 7) is 71.1. The van der Waals surface area contributed by atoms with Gasteiger partial charge in [-0.2, -0.15) is 0 Å². The van der Waals surface area contributed by atoms with Crippen LogP contribution in [0.3, 0.4) is 0 Å². The van der Waals surface area contributed by atoms with Crippen LogP contribution < -0.4 is 0 Å². The summed E-state index contributed by atoms with van der Waals surface area (Å²) in [6.07, 6.45) is 34.3. The first-order valence-corrected chi connectivity index (χ1v) is 48.1. The van der Waals surface area contributed by atoms with Crippen molar-refractivity contribution in [3.63, 3.8) is 0 Å². The van der Waals surface area contributed by atoms with Crippen molar-refractivity contribution >= 4 is 0 Å². The molecule has 672 valence electrons. The Morgan fingerprint density at radius 1 is 0.159 bits per heavy atom. The predicted molar refractivity (Wildman–Crippen MR) is 559 cm³/mol. The van der Waals surface area contributed by atoms with Crippen LogP contribution in [0, 0.1) is 48.5 Å². The number of rotatable bonds is 0. The van der Waals surface area contributed by atoms with E-state index >= 15 is 0 Å². The van der Waals surface area contributed by atoms with Crippen molar-refractivity contribution in [2.75, 3.05) is 0 Å². The molecule has 21 rings (SSSR count). The highest BCUT2D eigenvalue weighted by atomic mass is 14.7. The molecular formula is C119H161N7. The van der Waals surface area contributed by atoms with Crippen LogP contribution in [-0.2, 0) is 44.9 Å². The van der Waals surface area contributed by atoms with E-state index in [9.17, 15) is 0 Å². The lowest BCUT2D eigenvalue weighted by molar-refractivity contribution is 1.18. The average molecular weight is 1690 g/mol. The highest BCUT2D eigenvalue weighted by molar-refractivity contribution is 5.82. The molecule has 7 aliphatic rings. The van der Waals surface area contributed by atoms with E-state index in [0.29, 0.717) is 0 Å².